The third-order valence-electron chi connectivity index (χ3n) is 5.76. The van der Waals surface area contributed by atoms with E-state index in [0.29, 0.717) is 22.9 Å². The standard InChI is InChI=1S/C23H22F2N8O/c1-13-8-17(25)16(9-20(13)32-11-19(26-12-32)15-6-7-15)23(34)28-21-5-3-4-18(27-21)22-29-30-31-33(22)14(2)10-24/h3-5,8-9,11-12,14-15H,6-7,10H2,1-2H3,(H,27,28,34)/t14-/m0/s1. The van der Waals surface area contributed by atoms with E-state index in [0.717, 1.165) is 18.5 Å². The van der Waals surface area contributed by atoms with Gasteiger partial charge >= 0.3 is 0 Å². The molecule has 0 unspecified atom stereocenters. The third kappa shape index (κ3) is 4.16. The summed E-state index contributed by atoms with van der Waals surface area (Å²) >= 11 is 0. The van der Waals surface area contributed by atoms with Gasteiger partial charge in [-0.25, -0.2) is 23.4 Å². The fourth-order valence-corrected chi connectivity index (χ4v) is 3.71. The molecule has 1 N–H and O–H groups in total. The van der Waals surface area contributed by atoms with Crippen molar-refractivity contribution >= 4 is 11.7 Å². The van der Waals surface area contributed by atoms with Crippen LogP contribution in [0.1, 0.15) is 53.3 Å². The largest absolute Gasteiger partial charge is 0.306 e. The van der Waals surface area contributed by atoms with E-state index < -0.39 is 24.4 Å². The van der Waals surface area contributed by atoms with Gasteiger partial charge in [0.25, 0.3) is 5.91 Å². The molecule has 1 fully saturated rings. The molecule has 34 heavy (non-hydrogen) atoms. The summed E-state index contributed by atoms with van der Waals surface area (Å²) in [7, 11) is 0. The SMILES string of the molecule is Cc1cc(F)c(C(=O)Nc2cccc(-c3nnnn3[C@@H](C)CF)n2)cc1-n1cnc(C2CC2)c1. The lowest BCUT2D eigenvalue weighted by Crippen LogP contribution is -2.16. The van der Waals surface area contributed by atoms with Crippen molar-refractivity contribution in [3.05, 3.63) is 65.5 Å². The van der Waals surface area contributed by atoms with Gasteiger partial charge in [0.1, 0.15) is 24.0 Å². The molecular formula is C23H22F2N8O. The molecule has 3 aromatic heterocycles. The number of rotatable bonds is 7. The quantitative estimate of drug-likeness (QED) is 0.443. The van der Waals surface area contributed by atoms with E-state index in [-0.39, 0.29) is 17.2 Å². The summed E-state index contributed by atoms with van der Waals surface area (Å²) in [6.45, 7) is 2.77. The molecule has 1 atom stereocenters. The molecule has 4 aromatic rings. The predicted molar refractivity (Wildman–Crippen MR) is 120 cm³/mol. The number of carbonyl (C=O) groups excluding carboxylic acids is 1. The lowest BCUT2D eigenvalue weighted by atomic mass is 10.1. The van der Waals surface area contributed by atoms with Gasteiger partial charge in [-0.2, -0.15) is 0 Å². The van der Waals surface area contributed by atoms with E-state index >= 15 is 0 Å². The Morgan fingerprint density at radius 1 is 1.29 bits per heavy atom. The zero-order valence-electron chi connectivity index (χ0n) is 18.6. The highest BCUT2D eigenvalue weighted by Crippen LogP contribution is 2.39. The Morgan fingerprint density at radius 3 is 2.88 bits per heavy atom. The number of imidazole rings is 1. The molecule has 1 aromatic carbocycles. The Kier molecular flexibility index (Phi) is 5.60. The summed E-state index contributed by atoms with van der Waals surface area (Å²) < 4.78 is 31.0. The van der Waals surface area contributed by atoms with E-state index in [4.69, 9.17) is 0 Å². The molecule has 1 aliphatic carbocycles. The number of amides is 1. The minimum atomic E-state index is -0.650. The summed E-state index contributed by atoms with van der Waals surface area (Å²) in [5.41, 5.74) is 2.58. The average Bonchev–Trinajstić information content (AvgIpc) is 3.35. The van der Waals surface area contributed by atoms with Crippen molar-refractivity contribution in [1.82, 2.24) is 34.7 Å². The number of hydrogen-bond donors (Lipinski definition) is 1. The Morgan fingerprint density at radius 2 is 2.12 bits per heavy atom. The minimum absolute atomic E-state index is 0.120. The van der Waals surface area contributed by atoms with Crippen LogP contribution in [-0.2, 0) is 0 Å². The number of tetrazole rings is 1. The van der Waals surface area contributed by atoms with Crippen molar-refractivity contribution in [3.8, 4) is 17.2 Å². The fourth-order valence-electron chi connectivity index (χ4n) is 3.71. The van der Waals surface area contributed by atoms with Gasteiger partial charge in [0.2, 0.25) is 5.82 Å². The van der Waals surface area contributed by atoms with Crippen LogP contribution in [-0.4, -0.2) is 47.3 Å². The van der Waals surface area contributed by atoms with Crippen LogP contribution in [0.5, 0.6) is 0 Å². The van der Waals surface area contributed by atoms with Gasteiger partial charge in [-0.15, -0.1) is 5.10 Å². The second-order valence-corrected chi connectivity index (χ2v) is 8.41. The normalized spacial score (nSPS) is 14.2. The van der Waals surface area contributed by atoms with E-state index in [1.807, 2.05) is 10.8 Å². The highest BCUT2D eigenvalue weighted by atomic mass is 19.1. The van der Waals surface area contributed by atoms with Gasteiger partial charge < -0.3 is 9.88 Å². The van der Waals surface area contributed by atoms with Gasteiger partial charge in [-0.3, -0.25) is 4.79 Å². The van der Waals surface area contributed by atoms with Crippen molar-refractivity contribution in [2.75, 3.05) is 12.0 Å². The molecule has 3 heterocycles. The van der Waals surface area contributed by atoms with Gasteiger partial charge in [0, 0.05) is 12.1 Å². The summed E-state index contributed by atoms with van der Waals surface area (Å²) in [6, 6.07) is 7.12. The summed E-state index contributed by atoms with van der Waals surface area (Å²) in [6.07, 6.45) is 5.85. The molecule has 11 heteroatoms. The van der Waals surface area contributed by atoms with Crippen LogP contribution in [0.15, 0.2) is 42.9 Å². The van der Waals surface area contributed by atoms with E-state index in [1.54, 1.807) is 38.4 Å². The Hall–Kier alpha value is -4.02. The van der Waals surface area contributed by atoms with E-state index in [9.17, 15) is 13.6 Å². The number of pyridine rings is 1. The number of aromatic nitrogens is 7. The van der Waals surface area contributed by atoms with Gasteiger partial charge in [-0.05, 0) is 66.9 Å². The van der Waals surface area contributed by atoms with Gasteiger partial charge in [-0.1, -0.05) is 6.07 Å². The number of nitrogens with zero attached hydrogens (tertiary/aromatic N) is 7. The molecule has 5 rings (SSSR count). The predicted octanol–water partition coefficient (Wildman–Crippen LogP) is 4.03. The van der Waals surface area contributed by atoms with Crippen LogP contribution in [0.2, 0.25) is 0 Å². The third-order valence-corrected chi connectivity index (χ3v) is 5.76. The van der Waals surface area contributed by atoms with Crippen molar-refractivity contribution in [2.45, 2.75) is 38.6 Å². The first-order valence-electron chi connectivity index (χ1n) is 10.9. The molecule has 0 saturated heterocycles. The van der Waals surface area contributed by atoms with Gasteiger partial charge in [0.15, 0.2) is 0 Å². The first kappa shape index (κ1) is 21.8. The molecule has 0 radical (unpaired) electrons. The Labute approximate surface area is 193 Å². The van der Waals surface area contributed by atoms with Crippen LogP contribution < -0.4 is 5.32 Å². The fraction of sp³-hybridized carbons (Fsp3) is 0.304. The number of benzene rings is 1. The van der Waals surface area contributed by atoms with Crippen molar-refractivity contribution in [2.24, 2.45) is 0 Å². The van der Waals surface area contributed by atoms with Crippen molar-refractivity contribution < 1.29 is 13.6 Å². The lowest BCUT2D eigenvalue weighted by Gasteiger charge is -2.12. The Balaban J connectivity index is 1.41. The second kappa shape index (κ2) is 8.73. The summed E-state index contributed by atoms with van der Waals surface area (Å²) in [4.78, 5) is 21.8. The lowest BCUT2D eigenvalue weighted by molar-refractivity contribution is 0.102. The smallest absolute Gasteiger partial charge is 0.259 e. The maximum Gasteiger partial charge on any atom is 0.259 e. The van der Waals surface area contributed by atoms with Crippen LogP contribution >= 0.6 is 0 Å². The number of carbonyl (C=O) groups is 1. The summed E-state index contributed by atoms with van der Waals surface area (Å²) in [5.74, 6) is -0.362. The van der Waals surface area contributed by atoms with Crippen LogP contribution in [0, 0.1) is 12.7 Å². The zero-order valence-corrected chi connectivity index (χ0v) is 18.6. The molecule has 174 valence electrons. The second-order valence-electron chi connectivity index (χ2n) is 8.41. The molecule has 1 saturated carbocycles. The molecule has 1 amide bonds. The van der Waals surface area contributed by atoms with Gasteiger partial charge in [0.05, 0.1) is 29.3 Å². The molecule has 0 bridgehead atoms. The number of anilines is 1. The number of nitrogens with one attached hydrogen (secondary N) is 1. The van der Waals surface area contributed by atoms with Crippen LogP contribution in [0.25, 0.3) is 17.2 Å². The maximum absolute atomic E-state index is 14.8. The topological polar surface area (TPSA) is 103 Å². The number of alkyl halides is 1. The summed E-state index contributed by atoms with van der Waals surface area (Å²) in [5, 5.41) is 13.9. The molecule has 9 nitrogen and oxygen atoms in total. The van der Waals surface area contributed by atoms with Crippen molar-refractivity contribution in [1.29, 1.82) is 0 Å². The van der Waals surface area contributed by atoms with Crippen LogP contribution in [0.3, 0.4) is 0 Å². The molecule has 1 aliphatic rings. The zero-order chi connectivity index (χ0) is 23.8. The van der Waals surface area contributed by atoms with Crippen LogP contribution in [0.4, 0.5) is 14.6 Å². The van der Waals surface area contributed by atoms with E-state index in [2.05, 4.69) is 30.8 Å². The minimum Gasteiger partial charge on any atom is -0.306 e. The maximum atomic E-state index is 14.8. The van der Waals surface area contributed by atoms with Crippen molar-refractivity contribution in [3.63, 3.8) is 0 Å². The Bertz CT molecular complexity index is 1360. The first-order valence-corrected chi connectivity index (χ1v) is 10.9. The first-order chi connectivity index (χ1) is 16.4. The highest BCUT2D eigenvalue weighted by molar-refractivity contribution is 6.04. The number of halogens is 2. The number of hydrogen-bond acceptors (Lipinski definition) is 6. The van der Waals surface area contributed by atoms with E-state index in [1.165, 1.54) is 16.8 Å². The molecule has 0 aliphatic heterocycles. The average molecular weight is 464 g/mol. The molecular weight excluding hydrogens is 442 g/mol. The number of aryl methyl sites for hydroxylation is 1. The monoisotopic (exact) mass is 464 g/mol. The highest BCUT2D eigenvalue weighted by Gasteiger charge is 2.26. The molecule has 0 spiro atoms.